The van der Waals surface area contributed by atoms with E-state index in [2.05, 4.69) is 41.5 Å². The van der Waals surface area contributed by atoms with Gasteiger partial charge in [0.05, 0.1) is 0 Å². The van der Waals surface area contributed by atoms with Crippen LogP contribution in [0.3, 0.4) is 0 Å². The van der Waals surface area contributed by atoms with Gasteiger partial charge in [0, 0.05) is 19.3 Å². The maximum absolute atomic E-state index is 12.9. The minimum atomic E-state index is -0.764. The van der Waals surface area contributed by atoms with E-state index in [1.165, 1.54) is 244 Å². The lowest BCUT2D eigenvalue weighted by molar-refractivity contribution is -0.167. The first-order chi connectivity index (χ1) is 34.7. The van der Waals surface area contributed by atoms with Gasteiger partial charge in [-0.1, -0.05) is 324 Å². The van der Waals surface area contributed by atoms with Crippen molar-refractivity contribution in [1.29, 1.82) is 0 Å². The van der Waals surface area contributed by atoms with Gasteiger partial charge in [-0.25, -0.2) is 0 Å². The summed E-state index contributed by atoms with van der Waals surface area (Å²) < 4.78 is 17.0. The molecule has 0 saturated heterocycles. The van der Waals surface area contributed by atoms with Crippen LogP contribution in [0.15, 0.2) is 0 Å². The Morgan fingerprint density at radius 3 is 0.732 bits per heavy atom. The maximum atomic E-state index is 12.9. The minimum Gasteiger partial charge on any atom is -0.462 e. The zero-order valence-corrected chi connectivity index (χ0v) is 49.0. The quantitative estimate of drug-likeness (QED) is 0.0343. The number of carbonyl (C=O) groups excluding carboxylic acids is 3. The van der Waals surface area contributed by atoms with E-state index >= 15 is 0 Å². The van der Waals surface area contributed by atoms with E-state index < -0.39 is 6.10 Å². The Labute approximate surface area is 444 Å². The maximum Gasteiger partial charge on any atom is 0.306 e. The highest BCUT2D eigenvalue weighted by atomic mass is 16.6. The van der Waals surface area contributed by atoms with Crippen LogP contribution in [0.4, 0.5) is 0 Å². The number of hydrogen-bond donors (Lipinski definition) is 0. The fourth-order valence-corrected chi connectivity index (χ4v) is 10.00. The third kappa shape index (κ3) is 56.0. The van der Waals surface area contributed by atoms with Gasteiger partial charge >= 0.3 is 17.9 Å². The number of unbranched alkanes of at least 4 members (excludes halogenated alkanes) is 39. The van der Waals surface area contributed by atoms with Gasteiger partial charge in [0.25, 0.3) is 0 Å². The van der Waals surface area contributed by atoms with E-state index in [9.17, 15) is 14.4 Å². The molecule has 0 rings (SSSR count). The van der Waals surface area contributed by atoms with E-state index in [4.69, 9.17) is 14.2 Å². The van der Waals surface area contributed by atoms with Crippen LogP contribution in [0, 0.1) is 17.8 Å². The van der Waals surface area contributed by atoms with Crippen LogP contribution in [0.5, 0.6) is 0 Å². The largest absolute Gasteiger partial charge is 0.462 e. The van der Waals surface area contributed by atoms with Crippen LogP contribution in [-0.2, 0) is 28.6 Å². The highest BCUT2D eigenvalue weighted by Gasteiger charge is 2.19. The molecule has 0 radical (unpaired) electrons. The van der Waals surface area contributed by atoms with Crippen molar-refractivity contribution in [2.24, 2.45) is 17.8 Å². The average Bonchev–Trinajstić information content (AvgIpc) is 3.36. The second kappa shape index (κ2) is 56.1. The zero-order valence-electron chi connectivity index (χ0n) is 49.0. The Bertz CT molecular complexity index is 1110. The molecule has 0 aliphatic carbocycles. The lowest BCUT2D eigenvalue weighted by Gasteiger charge is -2.18. The second-order valence-corrected chi connectivity index (χ2v) is 23.4. The molecule has 0 aromatic heterocycles. The molecule has 3 atom stereocenters. The van der Waals surface area contributed by atoms with Crippen LogP contribution >= 0.6 is 0 Å². The van der Waals surface area contributed by atoms with Crippen LogP contribution < -0.4 is 0 Å². The monoisotopic (exact) mass is 1000 g/mol. The zero-order chi connectivity index (χ0) is 51.9. The van der Waals surface area contributed by atoms with Crippen molar-refractivity contribution in [3.8, 4) is 0 Å². The van der Waals surface area contributed by atoms with Gasteiger partial charge < -0.3 is 14.2 Å². The van der Waals surface area contributed by atoms with Crippen molar-refractivity contribution in [3.05, 3.63) is 0 Å². The molecular formula is C65H126O6. The highest BCUT2D eigenvalue weighted by molar-refractivity contribution is 5.71. The fourth-order valence-electron chi connectivity index (χ4n) is 10.00. The number of esters is 3. The lowest BCUT2D eigenvalue weighted by Crippen LogP contribution is -2.30. The van der Waals surface area contributed by atoms with E-state index in [1.54, 1.807) is 0 Å². The summed E-state index contributed by atoms with van der Waals surface area (Å²) in [6, 6.07) is 0. The molecule has 2 unspecified atom stereocenters. The summed E-state index contributed by atoms with van der Waals surface area (Å²) in [5, 5.41) is 0. The van der Waals surface area contributed by atoms with Gasteiger partial charge in [-0.15, -0.1) is 0 Å². The third-order valence-corrected chi connectivity index (χ3v) is 15.6. The summed E-state index contributed by atoms with van der Waals surface area (Å²) in [6.07, 6.45) is 60.9. The molecule has 0 aromatic rings. The van der Waals surface area contributed by atoms with E-state index in [1.807, 2.05) is 0 Å². The molecule has 71 heavy (non-hydrogen) atoms. The van der Waals surface area contributed by atoms with Gasteiger partial charge in [0.1, 0.15) is 13.2 Å². The summed E-state index contributed by atoms with van der Waals surface area (Å²) in [4.78, 5) is 38.3. The van der Waals surface area contributed by atoms with Crippen molar-refractivity contribution in [3.63, 3.8) is 0 Å². The first-order valence-electron chi connectivity index (χ1n) is 32.2. The Morgan fingerprint density at radius 2 is 0.493 bits per heavy atom. The Hall–Kier alpha value is -1.59. The van der Waals surface area contributed by atoms with E-state index in [0.29, 0.717) is 19.3 Å². The minimum absolute atomic E-state index is 0.0629. The molecule has 0 fully saturated rings. The molecule has 0 N–H and O–H groups in total. The smallest absolute Gasteiger partial charge is 0.306 e. The first kappa shape index (κ1) is 69.4. The third-order valence-electron chi connectivity index (χ3n) is 15.6. The summed E-state index contributed by atoms with van der Waals surface area (Å²) >= 11 is 0. The van der Waals surface area contributed by atoms with Crippen LogP contribution in [0.1, 0.15) is 363 Å². The van der Waals surface area contributed by atoms with E-state index in [0.717, 1.165) is 75.5 Å². The summed E-state index contributed by atoms with van der Waals surface area (Å²) in [7, 11) is 0. The standard InChI is InChI=1S/C65H126O6/c1-7-60(5)52-46-40-34-28-21-17-13-11-9-10-12-14-19-23-30-36-42-48-54-63(66)69-57-62(71-65(68)56-50-44-38-32-26-25-27-33-39-45-51-59(3)4)58-70-64(67)55-49-43-37-31-24-20-16-15-18-22-29-35-41-47-53-61(6)8-2/h59-62H,7-58H2,1-6H3/t60?,61?,62-/m0/s1. The molecule has 6 heteroatoms. The summed E-state index contributed by atoms with van der Waals surface area (Å²) in [5.41, 5.74) is 0. The normalized spacial score (nSPS) is 12.9. The number of ether oxygens (including phenoxy) is 3. The predicted molar refractivity (Wildman–Crippen MR) is 307 cm³/mol. The average molecular weight is 1000 g/mol. The number of carbonyl (C=O) groups is 3. The van der Waals surface area contributed by atoms with Crippen molar-refractivity contribution < 1.29 is 28.6 Å². The molecule has 0 saturated carbocycles. The number of rotatable bonds is 58. The Balaban J connectivity index is 4.24. The van der Waals surface area contributed by atoms with Crippen molar-refractivity contribution in [1.82, 2.24) is 0 Å². The predicted octanol–water partition coefficient (Wildman–Crippen LogP) is 21.5. The molecule has 6 nitrogen and oxygen atoms in total. The van der Waals surface area contributed by atoms with Gasteiger partial charge in [-0.3, -0.25) is 14.4 Å². The fraction of sp³-hybridized carbons (Fsp3) is 0.954. The lowest BCUT2D eigenvalue weighted by atomic mass is 9.99. The van der Waals surface area contributed by atoms with Crippen molar-refractivity contribution >= 4 is 17.9 Å². The molecule has 0 amide bonds. The van der Waals surface area contributed by atoms with Crippen molar-refractivity contribution in [2.75, 3.05) is 13.2 Å². The van der Waals surface area contributed by atoms with Gasteiger partial charge in [0.15, 0.2) is 6.10 Å². The summed E-state index contributed by atoms with van der Waals surface area (Å²) in [5.74, 6) is 1.78. The molecule has 0 bridgehead atoms. The van der Waals surface area contributed by atoms with Crippen molar-refractivity contribution in [2.45, 2.75) is 369 Å². The van der Waals surface area contributed by atoms with Crippen LogP contribution in [0.2, 0.25) is 0 Å². The molecule has 0 spiro atoms. The highest BCUT2D eigenvalue weighted by Crippen LogP contribution is 2.20. The summed E-state index contributed by atoms with van der Waals surface area (Å²) in [6.45, 7) is 13.9. The number of hydrogen-bond acceptors (Lipinski definition) is 6. The molecule has 0 aliphatic rings. The van der Waals surface area contributed by atoms with Gasteiger partial charge in [-0.2, -0.15) is 0 Å². The van der Waals surface area contributed by atoms with Gasteiger partial charge in [-0.05, 0) is 37.0 Å². The van der Waals surface area contributed by atoms with Crippen LogP contribution in [0.25, 0.3) is 0 Å². The molecule has 0 aliphatic heterocycles. The van der Waals surface area contributed by atoms with E-state index in [-0.39, 0.29) is 31.1 Å². The Kier molecular flexibility index (Phi) is 54.9. The first-order valence-corrected chi connectivity index (χ1v) is 32.2. The molecule has 0 aromatic carbocycles. The SMILES string of the molecule is CCC(C)CCCCCCCCCCCCCCCCCCCCC(=O)OC[C@@H](COC(=O)CCCCCCCCCCCCCCCCC(C)CC)OC(=O)CCCCCCCCCCCCC(C)C. The molecule has 422 valence electrons. The topological polar surface area (TPSA) is 78.9 Å². The van der Waals surface area contributed by atoms with Gasteiger partial charge in [0.2, 0.25) is 0 Å². The van der Waals surface area contributed by atoms with Crippen LogP contribution in [-0.4, -0.2) is 37.2 Å². The molecule has 0 heterocycles. The molecular weight excluding hydrogens is 877 g/mol. The Morgan fingerprint density at radius 1 is 0.282 bits per heavy atom. The second-order valence-electron chi connectivity index (χ2n) is 23.4.